The fraction of sp³-hybridized carbons (Fsp3) is 0.318. The number of rotatable bonds is 5. The van der Waals surface area contributed by atoms with E-state index in [1.165, 1.54) is 12.1 Å². The van der Waals surface area contributed by atoms with Gasteiger partial charge < -0.3 is 14.5 Å². The Kier molecular flexibility index (Phi) is 6.29. The highest BCUT2D eigenvalue weighted by Gasteiger charge is 2.25. The zero-order valence-electron chi connectivity index (χ0n) is 17.4. The molecule has 1 N–H and O–H groups in total. The van der Waals surface area contributed by atoms with E-state index in [2.05, 4.69) is 15.3 Å². The van der Waals surface area contributed by atoms with Crippen molar-refractivity contribution in [2.24, 2.45) is 0 Å². The lowest BCUT2D eigenvalue weighted by Crippen LogP contribution is -2.50. The minimum Gasteiger partial charge on any atom is -0.452 e. The number of hydrazine groups is 1. The number of piperazine rings is 1. The standard InChI is InChI=1S/C22H23N5O5/c28-19-8-9-20(29)27(24-19)17-6-4-16(5-7-17)22(31)32-15-21(30)26-13-11-25(12-14-26)18-3-1-2-10-23-18/h1-7,10H,8-9,11-15H2,(H,24,28). The summed E-state index contributed by atoms with van der Waals surface area (Å²) in [5.74, 6) is -0.482. The fourth-order valence-electron chi connectivity index (χ4n) is 3.56. The topological polar surface area (TPSA) is 112 Å². The monoisotopic (exact) mass is 437 g/mol. The summed E-state index contributed by atoms with van der Waals surface area (Å²) >= 11 is 0. The molecule has 0 bridgehead atoms. The van der Waals surface area contributed by atoms with Gasteiger partial charge in [-0.2, -0.15) is 0 Å². The molecule has 1 aromatic heterocycles. The summed E-state index contributed by atoms with van der Waals surface area (Å²) in [7, 11) is 0. The molecule has 0 atom stereocenters. The molecule has 2 fully saturated rings. The van der Waals surface area contributed by atoms with E-state index >= 15 is 0 Å². The van der Waals surface area contributed by atoms with Crippen LogP contribution in [-0.4, -0.2) is 66.4 Å². The third-order valence-corrected chi connectivity index (χ3v) is 5.35. The molecule has 2 aliphatic rings. The van der Waals surface area contributed by atoms with E-state index in [4.69, 9.17) is 4.74 Å². The highest BCUT2D eigenvalue weighted by molar-refractivity contribution is 6.01. The minimum absolute atomic E-state index is 0.133. The third kappa shape index (κ3) is 4.85. The molecule has 4 rings (SSSR count). The molecule has 2 aromatic rings. The Bertz CT molecular complexity index is 1000. The van der Waals surface area contributed by atoms with Gasteiger partial charge >= 0.3 is 5.97 Å². The van der Waals surface area contributed by atoms with Gasteiger partial charge in [-0.25, -0.2) is 14.8 Å². The highest BCUT2D eigenvalue weighted by Crippen LogP contribution is 2.18. The Labute approximate surface area is 184 Å². The predicted octanol–water partition coefficient (Wildman–Crippen LogP) is 0.745. The summed E-state index contributed by atoms with van der Waals surface area (Å²) in [6.45, 7) is 2.02. The van der Waals surface area contributed by atoms with Gasteiger partial charge in [-0.1, -0.05) is 6.07 Å². The number of anilines is 2. The number of nitrogens with one attached hydrogen (secondary N) is 1. The van der Waals surface area contributed by atoms with Gasteiger partial charge in [0.2, 0.25) is 11.8 Å². The first-order chi connectivity index (χ1) is 15.5. The van der Waals surface area contributed by atoms with Crippen molar-refractivity contribution in [3.63, 3.8) is 0 Å². The van der Waals surface area contributed by atoms with Crippen molar-refractivity contribution in [1.82, 2.24) is 15.3 Å². The Morgan fingerprint density at radius 1 is 0.969 bits per heavy atom. The van der Waals surface area contributed by atoms with Crippen molar-refractivity contribution in [2.75, 3.05) is 42.7 Å². The fourth-order valence-corrected chi connectivity index (χ4v) is 3.56. The average molecular weight is 437 g/mol. The van der Waals surface area contributed by atoms with Gasteiger partial charge in [0.15, 0.2) is 6.61 Å². The molecule has 1 aromatic carbocycles. The normalized spacial score (nSPS) is 16.6. The summed E-state index contributed by atoms with van der Waals surface area (Å²) < 4.78 is 5.17. The minimum atomic E-state index is -0.633. The van der Waals surface area contributed by atoms with Crippen molar-refractivity contribution in [3.05, 3.63) is 54.2 Å². The molecule has 0 aliphatic carbocycles. The summed E-state index contributed by atoms with van der Waals surface area (Å²) in [6.07, 6.45) is 2.03. The molecule has 10 nitrogen and oxygen atoms in total. The van der Waals surface area contributed by atoms with Gasteiger partial charge in [-0.05, 0) is 36.4 Å². The van der Waals surface area contributed by atoms with E-state index in [9.17, 15) is 19.2 Å². The maximum atomic E-state index is 12.4. The number of carbonyl (C=O) groups is 4. The number of amides is 3. The lowest BCUT2D eigenvalue weighted by molar-refractivity contribution is -0.134. The van der Waals surface area contributed by atoms with E-state index in [1.807, 2.05) is 18.2 Å². The Balaban J connectivity index is 1.26. The van der Waals surface area contributed by atoms with Crippen LogP contribution in [0.5, 0.6) is 0 Å². The van der Waals surface area contributed by atoms with Crippen molar-refractivity contribution in [2.45, 2.75) is 12.8 Å². The first-order valence-electron chi connectivity index (χ1n) is 10.3. The van der Waals surface area contributed by atoms with E-state index in [1.54, 1.807) is 23.2 Å². The molecule has 0 spiro atoms. The van der Waals surface area contributed by atoms with Crippen LogP contribution >= 0.6 is 0 Å². The van der Waals surface area contributed by atoms with Crippen LogP contribution in [0.3, 0.4) is 0 Å². The molecule has 0 unspecified atom stereocenters. The number of esters is 1. The molecule has 0 saturated carbocycles. The number of ether oxygens (including phenoxy) is 1. The van der Waals surface area contributed by atoms with Gasteiger partial charge in [0.05, 0.1) is 11.3 Å². The Morgan fingerprint density at radius 3 is 2.41 bits per heavy atom. The Hall–Kier alpha value is -3.95. The van der Waals surface area contributed by atoms with Crippen LogP contribution in [0.4, 0.5) is 11.5 Å². The van der Waals surface area contributed by atoms with Crippen molar-refractivity contribution >= 4 is 35.2 Å². The lowest BCUT2D eigenvalue weighted by atomic mass is 10.2. The van der Waals surface area contributed by atoms with Crippen LogP contribution in [0.2, 0.25) is 0 Å². The van der Waals surface area contributed by atoms with Gasteiger partial charge in [0, 0.05) is 45.2 Å². The van der Waals surface area contributed by atoms with E-state index < -0.39 is 5.97 Å². The van der Waals surface area contributed by atoms with Crippen LogP contribution < -0.4 is 15.3 Å². The van der Waals surface area contributed by atoms with Gasteiger partial charge in [-0.15, -0.1) is 0 Å². The van der Waals surface area contributed by atoms with Crippen LogP contribution in [0.15, 0.2) is 48.7 Å². The molecule has 3 amide bonds. The van der Waals surface area contributed by atoms with Crippen LogP contribution in [-0.2, 0) is 19.1 Å². The summed E-state index contributed by atoms with van der Waals surface area (Å²) in [6, 6.07) is 11.8. The lowest BCUT2D eigenvalue weighted by Gasteiger charge is -2.35. The van der Waals surface area contributed by atoms with Crippen LogP contribution in [0.1, 0.15) is 23.2 Å². The molecule has 166 valence electrons. The van der Waals surface area contributed by atoms with Crippen molar-refractivity contribution in [3.8, 4) is 0 Å². The van der Waals surface area contributed by atoms with Gasteiger partial charge in [0.25, 0.3) is 5.91 Å². The first kappa shape index (κ1) is 21.3. The average Bonchev–Trinajstić information content (AvgIpc) is 2.84. The molecular weight excluding hydrogens is 414 g/mol. The van der Waals surface area contributed by atoms with Crippen LogP contribution in [0, 0.1) is 0 Å². The number of nitrogens with zero attached hydrogens (tertiary/aromatic N) is 4. The van der Waals surface area contributed by atoms with Crippen molar-refractivity contribution < 1.29 is 23.9 Å². The zero-order chi connectivity index (χ0) is 22.5. The number of pyridine rings is 1. The Morgan fingerprint density at radius 2 is 1.72 bits per heavy atom. The summed E-state index contributed by atoms with van der Waals surface area (Å²) in [5.41, 5.74) is 3.19. The zero-order valence-corrected chi connectivity index (χ0v) is 17.4. The van der Waals surface area contributed by atoms with Crippen LogP contribution in [0.25, 0.3) is 0 Å². The van der Waals surface area contributed by atoms with Gasteiger partial charge in [-0.3, -0.25) is 19.8 Å². The van der Waals surface area contributed by atoms with E-state index in [0.29, 0.717) is 31.9 Å². The number of carbonyl (C=O) groups excluding carboxylic acids is 4. The SMILES string of the molecule is O=C1CCC(=O)N(c2ccc(C(=O)OCC(=O)N3CCN(c4ccccn4)CC3)cc2)N1. The molecule has 2 saturated heterocycles. The maximum Gasteiger partial charge on any atom is 0.338 e. The third-order valence-electron chi connectivity index (χ3n) is 5.35. The quantitative estimate of drug-likeness (QED) is 0.687. The number of aromatic nitrogens is 1. The van der Waals surface area contributed by atoms with E-state index in [-0.39, 0.29) is 42.7 Å². The molecular formula is C22H23N5O5. The molecule has 2 aliphatic heterocycles. The maximum absolute atomic E-state index is 12.4. The van der Waals surface area contributed by atoms with Crippen molar-refractivity contribution in [1.29, 1.82) is 0 Å². The molecule has 0 radical (unpaired) electrons. The number of hydrogen-bond acceptors (Lipinski definition) is 7. The number of benzene rings is 1. The summed E-state index contributed by atoms with van der Waals surface area (Å²) in [5, 5.41) is 1.16. The highest BCUT2D eigenvalue weighted by atomic mass is 16.5. The molecule has 3 heterocycles. The van der Waals surface area contributed by atoms with Gasteiger partial charge in [0.1, 0.15) is 5.82 Å². The summed E-state index contributed by atoms with van der Waals surface area (Å²) in [4.78, 5) is 56.3. The molecule has 10 heteroatoms. The smallest absolute Gasteiger partial charge is 0.338 e. The predicted molar refractivity (Wildman–Crippen MR) is 115 cm³/mol. The second-order valence-corrected chi connectivity index (χ2v) is 7.44. The first-order valence-corrected chi connectivity index (χ1v) is 10.3. The second kappa shape index (κ2) is 9.46. The van der Waals surface area contributed by atoms with E-state index in [0.717, 1.165) is 10.8 Å². The molecule has 32 heavy (non-hydrogen) atoms. The number of hydrogen-bond donors (Lipinski definition) is 1. The largest absolute Gasteiger partial charge is 0.452 e. The second-order valence-electron chi connectivity index (χ2n) is 7.44.